The molecule has 68 valence electrons. The van der Waals surface area contributed by atoms with E-state index in [-0.39, 0.29) is 0 Å². The van der Waals surface area contributed by atoms with E-state index in [2.05, 4.69) is 31.9 Å². The van der Waals surface area contributed by atoms with Gasteiger partial charge in [-0.3, -0.25) is 0 Å². The van der Waals surface area contributed by atoms with Crippen LogP contribution in [0.25, 0.3) is 0 Å². The molecule has 0 spiro atoms. The summed E-state index contributed by atoms with van der Waals surface area (Å²) in [6, 6.07) is 6.01. The lowest BCUT2D eigenvalue weighted by Gasteiger charge is -2.26. The molecule has 0 atom stereocenters. The monoisotopic (exact) mass is 238 g/mol. The fourth-order valence-electron chi connectivity index (χ4n) is 1.44. The largest absolute Gasteiger partial charge is 0.351 e. The first-order valence-corrected chi connectivity index (χ1v) is 5.16. The Labute approximate surface area is 86.4 Å². The zero-order chi connectivity index (χ0) is 9.10. The van der Waals surface area contributed by atoms with Crippen LogP contribution in [0, 0.1) is 0 Å². The minimum absolute atomic E-state index is 0.941. The molecule has 3 heteroatoms. The molecule has 0 aromatic carbocycles. The van der Waals surface area contributed by atoms with Crippen molar-refractivity contribution in [3.63, 3.8) is 0 Å². The molecule has 0 radical (unpaired) electrons. The van der Waals surface area contributed by atoms with E-state index >= 15 is 0 Å². The Hall–Kier alpha value is -0.830. The minimum atomic E-state index is 0.941. The predicted molar refractivity (Wildman–Crippen MR) is 58.1 cm³/mol. The van der Waals surface area contributed by atoms with Crippen molar-refractivity contribution in [1.82, 2.24) is 4.98 Å². The summed E-state index contributed by atoms with van der Waals surface area (Å²) in [5.74, 6) is 1.06. The van der Waals surface area contributed by atoms with Gasteiger partial charge in [0, 0.05) is 17.2 Å². The summed E-state index contributed by atoms with van der Waals surface area (Å²) < 4.78 is 1.25. The van der Waals surface area contributed by atoms with Crippen LogP contribution in [0.1, 0.15) is 6.42 Å². The first-order valence-electron chi connectivity index (χ1n) is 4.37. The molecular formula is C10H11BrN2. The van der Waals surface area contributed by atoms with Crippen LogP contribution in [0.4, 0.5) is 5.82 Å². The summed E-state index contributed by atoms with van der Waals surface area (Å²) in [6.45, 7) is 2.00. The van der Waals surface area contributed by atoms with Crippen LogP contribution in [0.3, 0.4) is 0 Å². The fraction of sp³-hybridized carbons (Fsp3) is 0.300. The lowest BCUT2D eigenvalue weighted by atomic mass is 10.2. The van der Waals surface area contributed by atoms with E-state index in [1.54, 1.807) is 0 Å². The lowest BCUT2D eigenvalue weighted by molar-refractivity contribution is 0.801. The number of hydrogen-bond donors (Lipinski definition) is 0. The maximum Gasteiger partial charge on any atom is 0.128 e. The average Bonchev–Trinajstić information content (AvgIpc) is 2.19. The topological polar surface area (TPSA) is 16.1 Å². The molecule has 1 aromatic rings. The molecule has 0 amide bonds. The van der Waals surface area contributed by atoms with E-state index in [1.807, 2.05) is 24.4 Å². The summed E-state index contributed by atoms with van der Waals surface area (Å²) in [5, 5.41) is 0. The highest BCUT2D eigenvalue weighted by molar-refractivity contribution is 9.11. The van der Waals surface area contributed by atoms with E-state index < -0.39 is 0 Å². The molecule has 0 saturated carbocycles. The van der Waals surface area contributed by atoms with E-state index in [0.29, 0.717) is 0 Å². The number of rotatable bonds is 1. The van der Waals surface area contributed by atoms with Crippen molar-refractivity contribution < 1.29 is 0 Å². The van der Waals surface area contributed by atoms with Crippen LogP contribution < -0.4 is 4.90 Å². The highest BCUT2D eigenvalue weighted by Gasteiger charge is 2.11. The van der Waals surface area contributed by atoms with Crippen molar-refractivity contribution in [1.29, 1.82) is 0 Å². The quantitative estimate of drug-likeness (QED) is 0.748. The molecule has 1 aromatic heterocycles. The van der Waals surface area contributed by atoms with Crippen LogP contribution >= 0.6 is 15.9 Å². The van der Waals surface area contributed by atoms with Gasteiger partial charge in [-0.2, -0.15) is 0 Å². The summed E-state index contributed by atoms with van der Waals surface area (Å²) in [4.78, 5) is 6.58. The molecule has 0 saturated heterocycles. The number of halogens is 1. The van der Waals surface area contributed by atoms with Crippen molar-refractivity contribution in [2.75, 3.05) is 18.0 Å². The lowest BCUT2D eigenvalue weighted by Crippen LogP contribution is -2.29. The molecule has 0 aliphatic carbocycles. The van der Waals surface area contributed by atoms with Gasteiger partial charge in [0.1, 0.15) is 5.82 Å². The van der Waals surface area contributed by atoms with Gasteiger partial charge in [-0.1, -0.05) is 28.1 Å². The molecule has 1 aliphatic heterocycles. The molecule has 0 bridgehead atoms. The van der Waals surface area contributed by atoms with E-state index in [4.69, 9.17) is 0 Å². The van der Waals surface area contributed by atoms with Gasteiger partial charge in [0.2, 0.25) is 0 Å². The highest BCUT2D eigenvalue weighted by Crippen LogP contribution is 2.19. The molecular weight excluding hydrogens is 228 g/mol. The van der Waals surface area contributed by atoms with Crippen molar-refractivity contribution in [2.24, 2.45) is 0 Å². The van der Waals surface area contributed by atoms with Crippen molar-refractivity contribution in [3.8, 4) is 0 Å². The number of pyridine rings is 1. The number of hydrogen-bond acceptors (Lipinski definition) is 2. The van der Waals surface area contributed by atoms with Crippen LogP contribution in [0.5, 0.6) is 0 Å². The van der Waals surface area contributed by atoms with E-state index in [9.17, 15) is 0 Å². The standard InChI is InChI=1S/C10H11BrN2/c11-9-4-3-7-13(8-9)10-5-1-2-6-12-10/h1-2,4-6H,3,7-8H2. The zero-order valence-corrected chi connectivity index (χ0v) is 8.87. The molecule has 0 N–H and O–H groups in total. The van der Waals surface area contributed by atoms with Crippen LogP contribution in [-0.4, -0.2) is 18.1 Å². The van der Waals surface area contributed by atoms with Gasteiger partial charge in [-0.25, -0.2) is 4.98 Å². The Balaban J connectivity index is 2.15. The summed E-state index contributed by atoms with van der Waals surface area (Å²) in [5.41, 5.74) is 0. The Morgan fingerprint density at radius 2 is 2.31 bits per heavy atom. The van der Waals surface area contributed by atoms with Crippen LogP contribution in [-0.2, 0) is 0 Å². The summed E-state index contributed by atoms with van der Waals surface area (Å²) in [6.07, 6.45) is 5.15. The molecule has 13 heavy (non-hydrogen) atoms. The number of nitrogens with zero attached hydrogens (tertiary/aromatic N) is 2. The maximum absolute atomic E-state index is 4.31. The first kappa shape index (κ1) is 8.75. The normalized spacial score (nSPS) is 17.0. The molecule has 2 heterocycles. The molecule has 2 nitrogen and oxygen atoms in total. The number of anilines is 1. The molecule has 0 unspecified atom stereocenters. The van der Waals surface area contributed by atoms with Gasteiger partial charge < -0.3 is 4.90 Å². The van der Waals surface area contributed by atoms with Gasteiger partial charge in [-0.15, -0.1) is 0 Å². The van der Waals surface area contributed by atoms with Crippen molar-refractivity contribution in [2.45, 2.75) is 6.42 Å². The Bertz CT molecular complexity index is 308. The summed E-state index contributed by atoms with van der Waals surface area (Å²) >= 11 is 3.52. The van der Waals surface area contributed by atoms with Crippen molar-refractivity contribution in [3.05, 3.63) is 35.0 Å². The van der Waals surface area contributed by atoms with E-state index in [0.717, 1.165) is 25.3 Å². The van der Waals surface area contributed by atoms with Gasteiger partial charge in [0.05, 0.1) is 6.54 Å². The second-order valence-electron chi connectivity index (χ2n) is 3.05. The van der Waals surface area contributed by atoms with Gasteiger partial charge in [0.25, 0.3) is 0 Å². The van der Waals surface area contributed by atoms with Crippen molar-refractivity contribution >= 4 is 21.7 Å². The average molecular weight is 239 g/mol. The van der Waals surface area contributed by atoms with Gasteiger partial charge >= 0.3 is 0 Å². The molecule has 1 aliphatic rings. The van der Waals surface area contributed by atoms with Gasteiger partial charge in [0.15, 0.2) is 0 Å². The molecule has 2 rings (SSSR count). The van der Waals surface area contributed by atoms with E-state index in [1.165, 1.54) is 4.48 Å². The third-order valence-corrected chi connectivity index (χ3v) is 2.65. The first-order chi connectivity index (χ1) is 6.36. The third kappa shape index (κ3) is 2.10. The summed E-state index contributed by atoms with van der Waals surface area (Å²) in [7, 11) is 0. The SMILES string of the molecule is BrC1=CCCN(c2ccccn2)C1. The van der Waals surface area contributed by atoms with Crippen LogP contribution in [0.15, 0.2) is 35.0 Å². The third-order valence-electron chi connectivity index (χ3n) is 2.08. The Morgan fingerprint density at radius 3 is 3.00 bits per heavy atom. The Kier molecular flexibility index (Phi) is 2.64. The molecule has 0 fully saturated rings. The van der Waals surface area contributed by atoms with Crippen LogP contribution in [0.2, 0.25) is 0 Å². The smallest absolute Gasteiger partial charge is 0.128 e. The van der Waals surface area contributed by atoms with Gasteiger partial charge in [-0.05, 0) is 18.6 Å². The fourth-order valence-corrected chi connectivity index (χ4v) is 1.97. The second-order valence-corrected chi connectivity index (χ2v) is 4.07. The Morgan fingerprint density at radius 1 is 1.38 bits per heavy atom. The minimum Gasteiger partial charge on any atom is -0.351 e. The zero-order valence-electron chi connectivity index (χ0n) is 7.28. The number of aromatic nitrogens is 1. The highest BCUT2D eigenvalue weighted by atomic mass is 79.9. The predicted octanol–water partition coefficient (Wildman–Crippen LogP) is 2.57. The maximum atomic E-state index is 4.31. The second kappa shape index (κ2) is 3.92.